The molecular weight excluding hydrogens is 282 g/mol. The van der Waals surface area contributed by atoms with Gasteiger partial charge in [-0.15, -0.1) is 11.3 Å². The zero-order chi connectivity index (χ0) is 15.2. The number of hydrogen-bond donors (Lipinski definition) is 1. The molecule has 1 aromatic carbocycles. The molecule has 114 valence electrons. The van der Waals surface area contributed by atoms with Crippen molar-refractivity contribution in [3.8, 4) is 0 Å². The van der Waals surface area contributed by atoms with E-state index in [1.54, 1.807) is 18.4 Å². The van der Waals surface area contributed by atoms with Crippen molar-refractivity contribution in [2.24, 2.45) is 0 Å². The highest BCUT2D eigenvalue weighted by Crippen LogP contribution is 2.27. The first-order valence-electron chi connectivity index (χ1n) is 7.03. The van der Waals surface area contributed by atoms with Crippen molar-refractivity contribution < 1.29 is 4.74 Å². The largest absolute Gasteiger partial charge is 0.378 e. The molecule has 1 heterocycles. The minimum atomic E-state index is 0.561. The molecule has 1 aromatic heterocycles. The molecule has 0 radical (unpaired) electrons. The fourth-order valence-electron chi connectivity index (χ4n) is 2.19. The minimum absolute atomic E-state index is 0.561. The summed E-state index contributed by atoms with van der Waals surface area (Å²) < 4.78 is 5.24. The number of thiazole rings is 1. The van der Waals surface area contributed by atoms with Crippen LogP contribution < -0.4 is 10.2 Å². The highest BCUT2D eigenvalue weighted by Gasteiger charge is 2.14. The summed E-state index contributed by atoms with van der Waals surface area (Å²) in [7, 11) is 5.75. The van der Waals surface area contributed by atoms with Gasteiger partial charge in [-0.05, 0) is 25.1 Å². The Morgan fingerprint density at radius 1 is 1.33 bits per heavy atom. The van der Waals surface area contributed by atoms with Gasteiger partial charge in [0.1, 0.15) is 0 Å². The molecule has 0 aliphatic carbocycles. The lowest BCUT2D eigenvalue weighted by Crippen LogP contribution is -2.16. The van der Waals surface area contributed by atoms with E-state index in [1.807, 2.05) is 7.05 Å². The predicted molar refractivity (Wildman–Crippen MR) is 88.9 cm³/mol. The van der Waals surface area contributed by atoms with E-state index in [2.05, 4.69) is 48.5 Å². The second kappa shape index (κ2) is 7.54. The van der Waals surface area contributed by atoms with Gasteiger partial charge in [-0.2, -0.15) is 0 Å². The molecule has 0 aliphatic heterocycles. The van der Waals surface area contributed by atoms with Crippen molar-refractivity contribution in [2.45, 2.75) is 26.6 Å². The number of methoxy groups -OCH3 is 1. The molecular formula is C16H23N3OS. The highest BCUT2D eigenvalue weighted by atomic mass is 32.1. The van der Waals surface area contributed by atoms with Crippen LogP contribution in [0.4, 0.5) is 5.13 Å². The van der Waals surface area contributed by atoms with Crippen LogP contribution in [0.25, 0.3) is 0 Å². The van der Waals surface area contributed by atoms with Gasteiger partial charge in [-0.3, -0.25) is 0 Å². The van der Waals surface area contributed by atoms with Gasteiger partial charge in [0.2, 0.25) is 0 Å². The first-order valence-corrected chi connectivity index (χ1v) is 7.85. The quantitative estimate of drug-likeness (QED) is 0.853. The average molecular weight is 305 g/mol. The fourth-order valence-corrected chi connectivity index (χ4v) is 3.23. The summed E-state index contributed by atoms with van der Waals surface area (Å²) in [5.74, 6) is 0. The Hall–Kier alpha value is -1.43. The van der Waals surface area contributed by atoms with Gasteiger partial charge in [0.25, 0.3) is 0 Å². The lowest BCUT2D eigenvalue weighted by atomic mass is 10.1. The number of nitrogens with one attached hydrogen (secondary N) is 1. The molecule has 0 atom stereocenters. The average Bonchev–Trinajstić information content (AvgIpc) is 2.86. The molecule has 0 amide bonds. The summed E-state index contributed by atoms with van der Waals surface area (Å²) in [6.07, 6.45) is 0. The molecule has 0 aliphatic rings. The molecule has 1 N–H and O–H groups in total. The lowest BCUT2D eigenvalue weighted by molar-refractivity contribution is 0.181. The SMILES string of the molecule is CNCc1sc(N(C)Cc2ccccc2C)nc1COC. The smallest absolute Gasteiger partial charge is 0.185 e. The van der Waals surface area contributed by atoms with Crippen molar-refractivity contribution in [1.82, 2.24) is 10.3 Å². The van der Waals surface area contributed by atoms with E-state index in [4.69, 9.17) is 9.72 Å². The molecule has 0 unspecified atom stereocenters. The topological polar surface area (TPSA) is 37.4 Å². The van der Waals surface area contributed by atoms with Crippen LogP contribution in [-0.2, 0) is 24.4 Å². The van der Waals surface area contributed by atoms with Crippen LogP contribution in [-0.4, -0.2) is 26.2 Å². The molecule has 2 aromatic rings. The van der Waals surface area contributed by atoms with Crippen LogP contribution in [0.5, 0.6) is 0 Å². The van der Waals surface area contributed by atoms with E-state index in [0.717, 1.165) is 23.9 Å². The van der Waals surface area contributed by atoms with Gasteiger partial charge < -0.3 is 15.0 Å². The summed E-state index contributed by atoms with van der Waals surface area (Å²) in [5.41, 5.74) is 3.68. The van der Waals surface area contributed by atoms with Gasteiger partial charge in [0, 0.05) is 32.1 Å². The highest BCUT2D eigenvalue weighted by molar-refractivity contribution is 7.15. The van der Waals surface area contributed by atoms with Crippen molar-refractivity contribution >= 4 is 16.5 Å². The zero-order valence-electron chi connectivity index (χ0n) is 13.1. The number of aryl methyl sites for hydroxylation is 1. The van der Waals surface area contributed by atoms with E-state index in [9.17, 15) is 0 Å². The molecule has 0 saturated carbocycles. The Balaban J connectivity index is 2.17. The summed E-state index contributed by atoms with van der Waals surface area (Å²) >= 11 is 1.73. The molecule has 0 fully saturated rings. The van der Waals surface area contributed by atoms with Crippen LogP contribution in [0.15, 0.2) is 24.3 Å². The van der Waals surface area contributed by atoms with Crippen LogP contribution in [0.1, 0.15) is 21.7 Å². The Morgan fingerprint density at radius 3 is 2.76 bits per heavy atom. The van der Waals surface area contributed by atoms with Gasteiger partial charge in [-0.1, -0.05) is 24.3 Å². The lowest BCUT2D eigenvalue weighted by Gasteiger charge is -2.17. The number of ether oxygens (including phenoxy) is 1. The Morgan fingerprint density at radius 2 is 2.10 bits per heavy atom. The molecule has 0 bridgehead atoms. The second-order valence-corrected chi connectivity index (χ2v) is 6.17. The van der Waals surface area contributed by atoms with E-state index in [-0.39, 0.29) is 0 Å². The van der Waals surface area contributed by atoms with Crippen molar-refractivity contribution in [1.29, 1.82) is 0 Å². The maximum absolute atomic E-state index is 5.24. The number of hydrogen-bond acceptors (Lipinski definition) is 5. The molecule has 21 heavy (non-hydrogen) atoms. The zero-order valence-corrected chi connectivity index (χ0v) is 14.0. The van der Waals surface area contributed by atoms with Gasteiger partial charge in [0.15, 0.2) is 5.13 Å². The third-order valence-corrected chi connectivity index (χ3v) is 4.59. The summed E-state index contributed by atoms with van der Waals surface area (Å²) in [5, 5.41) is 4.23. The van der Waals surface area contributed by atoms with Gasteiger partial charge in [-0.25, -0.2) is 4.98 Å². The third kappa shape index (κ3) is 4.03. The molecule has 4 nitrogen and oxygen atoms in total. The van der Waals surface area contributed by atoms with Crippen LogP contribution in [0, 0.1) is 6.92 Å². The number of rotatable bonds is 7. The second-order valence-electron chi connectivity index (χ2n) is 5.11. The standard InChI is InChI=1S/C16H23N3OS/c1-12-7-5-6-8-13(12)10-19(3)16-18-14(11-20-4)15(21-16)9-17-2/h5-8,17H,9-11H2,1-4H3. The fraction of sp³-hybridized carbons (Fsp3) is 0.438. The number of aromatic nitrogens is 1. The maximum atomic E-state index is 5.24. The Labute approximate surface area is 130 Å². The first-order chi connectivity index (χ1) is 10.2. The summed E-state index contributed by atoms with van der Waals surface area (Å²) in [6, 6.07) is 8.47. The van der Waals surface area contributed by atoms with E-state index in [0.29, 0.717) is 6.61 Å². The normalized spacial score (nSPS) is 10.9. The monoisotopic (exact) mass is 305 g/mol. The Kier molecular flexibility index (Phi) is 5.73. The number of anilines is 1. The number of nitrogens with zero attached hydrogens (tertiary/aromatic N) is 2. The Bertz CT molecular complexity index is 559. The predicted octanol–water partition coefficient (Wildman–Crippen LogP) is 2.95. The first kappa shape index (κ1) is 15.9. The molecule has 5 heteroatoms. The van der Waals surface area contributed by atoms with E-state index >= 15 is 0 Å². The maximum Gasteiger partial charge on any atom is 0.185 e. The van der Waals surface area contributed by atoms with Crippen LogP contribution in [0.3, 0.4) is 0 Å². The molecule has 0 saturated heterocycles. The summed E-state index contributed by atoms with van der Waals surface area (Å²) in [6.45, 7) is 4.40. The van der Waals surface area contributed by atoms with E-state index in [1.165, 1.54) is 16.0 Å². The van der Waals surface area contributed by atoms with Crippen molar-refractivity contribution in [3.63, 3.8) is 0 Å². The van der Waals surface area contributed by atoms with Gasteiger partial charge >= 0.3 is 0 Å². The van der Waals surface area contributed by atoms with Gasteiger partial charge in [0.05, 0.1) is 12.3 Å². The molecule has 2 rings (SSSR count). The van der Waals surface area contributed by atoms with Crippen LogP contribution >= 0.6 is 11.3 Å². The third-order valence-electron chi connectivity index (χ3n) is 3.38. The number of benzene rings is 1. The van der Waals surface area contributed by atoms with Crippen molar-refractivity contribution in [2.75, 3.05) is 26.1 Å². The summed E-state index contributed by atoms with van der Waals surface area (Å²) in [4.78, 5) is 8.17. The van der Waals surface area contributed by atoms with Crippen molar-refractivity contribution in [3.05, 3.63) is 46.0 Å². The van der Waals surface area contributed by atoms with E-state index < -0.39 is 0 Å². The minimum Gasteiger partial charge on any atom is -0.378 e. The molecule has 0 spiro atoms. The van der Waals surface area contributed by atoms with Crippen LogP contribution in [0.2, 0.25) is 0 Å².